The minimum Gasteiger partial charge on any atom is -0.494 e. The molecule has 0 fully saturated rings. The van der Waals surface area contributed by atoms with E-state index in [9.17, 15) is 24.3 Å². The summed E-state index contributed by atoms with van der Waals surface area (Å²) in [6, 6.07) is 11.2. The van der Waals surface area contributed by atoms with Crippen LogP contribution in [0, 0.1) is 0 Å². The lowest BCUT2D eigenvalue weighted by atomic mass is 9.98. The zero-order chi connectivity index (χ0) is 22.0. The molecule has 0 aliphatic heterocycles. The number of hydrogen-bond donors (Lipinski definition) is 1. The molecule has 2 aromatic carbocycles. The fourth-order valence-corrected chi connectivity index (χ4v) is 3.35. The molecule has 0 spiro atoms. The van der Waals surface area contributed by atoms with E-state index in [1.165, 1.54) is 27.0 Å². The number of methoxy groups -OCH3 is 1. The number of aromatic nitrogens is 1. The molecular weight excluding hydrogens is 386 g/mol. The summed E-state index contributed by atoms with van der Waals surface area (Å²) in [5.74, 6) is -1.90. The zero-order valence-electron chi connectivity index (χ0n) is 16.9. The van der Waals surface area contributed by atoms with Crippen molar-refractivity contribution in [1.82, 2.24) is 4.57 Å². The molecule has 0 amide bonds. The third-order valence-electron chi connectivity index (χ3n) is 4.95. The summed E-state index contributed by atoms with van der Waals surface area (Å²) in [4.78, 5) is 48.3. The summed E-state index contributed by atoms with van der Waals surface area (Å²) in [5.41, 5.74) is 1.85. The van der Waals surface area contributed by atoms with Crippen LogP contribution in [-0.4, -0.2) is 40.2 Å². The highest BCUT2D eigenvalue weighted by Gasteiger charge is 2.25. The summed E-state index contributed by atoms with van der Waals surface area (Å²) in [7, 11) is 1.32. The van der Waals surface area contributed by atoms with Gasteiger partial charge < -0.3 is 9.84 Å². The summed E-state index contributed by atoms with van der Waals surface area (Å²) >= 11 is 0. The van der Waals surface area contributed by atoms with Crippen LogP contribution in [0.1, 0.15) is 56.9 Å². The molecule has 7 heteroatoms. The number of ether oxygens (including phenoxy) is 1. The van der Waals surface area contributed by atoms with Crippen LogP contribution in [0.2, 0.25) is 0 Å². The van der Waals surface area contributed by atoms with Gasteiger partial charge >= 0.3 is 5.97 Å². The molecule has 0 radical (unpaired) electrons. The molecule has 1 aromatic heterocycles. The fraction of sp³-hybridized carbons (Fsp3) is 0.217. The molecule has 3 aromatic rings. The van der Waals surface area contributed by atoms with Crippen molar-refractivity contribution in [1.29, 1.82) is 0 Å². The Labute approximate surface area is 172 Å². The number of rotatable bonds is 6. The first kappa shape index (κ1) is 21.0. The number of nitrogens with zero attached hydrogens (tertiary/aromatic N) is 1. The van der Waals surface area contributed by atoms with E-state index >= 15 is 0 Å². The molecule has 0 saturated carbocycles. The normalized spacial score (nSPS) is 10.8. The van der Waals surface area contributed by atoms with Gasteiger partial charge in [-0.05, 0) is 37.1 Å². The smallest absolute Gasteiger partial charge is 0.305 e. The number of ketones is 2. The van der Waals surface area contributed by atoms with Crippen molar-refractivity contribution in [2.24, 2.45) is 0 Å². The van der Waals surface area contributed by atoms with Gasteiger partial charge in [0.1, 0.15) is 0 Å². The van der Waals surface area contributed by atoms with Crippen molar-refractivity contribution in [3.8, 4) is 5.88 Å². The van der Waals surface area contributed by atoms with Crippen molar-refractivity contribution >= 4 is 34.3 Å². The van der Waals surface area contributed by atoms with Crippen LogP contribution in [0.3, 0.4) is 0 Å². The molecule has 0 atom stereocenters. The van der Waals surface area contributed by atoms with Gasteiger partial charge in [0.05, 0.1) is 18.2 Å². The second-order valence-electron chi connectivity index (χ2n) is 6.94. The quantitative estimate of drug-likeness (QED) is 0.495. The van der Waals surface area contributed by atoms with Gasteiger partial charge in [-0.2, -0.15) is 0 Å². The molecule has 0 aliphatic carbocycles. The number of aromatic hydroxyl groups is 1. The molecule has 1 heterocycles. The van der Waals surface area contributed by atoms with Gasteiger partial charge in [0.15, 0.2) is 11.6 Å². The van der Waals surface area contributed by atoms with Crippen LogP contribution in [0.5, 0.6) is 5.88 Å². The predicted molar refractivity (Wildman–Crippen MR) is 110 cm³/mol. The van der Waals surface area contributed by atoms with Crippen LogP contribution in [0.4, 0.5) is 0 Å². The van der Waals surface area contributed by atoms with Gasteiger partial charge in [-0.25, -0.2) is 0 Å². The number of Topliss-reactive ketones (excluding diaryl/α,β-unsaturated/α-hetero) is 1. The highest BCUT2D eigenvalue weighted by Crippen LogP contribution is 2.34. The van der Waals surface area contributed by atoms with Crippen LogP contribution >= 0.6 is 0 Å². The average Bonchev–Trinajstić information content (AvgIpc) is 3.02. The Kier molecular flexibility index (Phi) is 5.82. The Bertz CT molecular complexity index is 1170. The Morgan fingerprint density at radius 1 is 0.967 bits per heavy atom. The van der Waals surface area contributed by atoms with Gasteiger partial charge in [-0.3, -0.25) is 23.7 Å². The number of benzene rings is 2. The van der Waals surface area contributed by atoms with Gasteiger partial charge in [-0.1, -0.05) is 24.3 Å². The minimum atomic E-state index is -0.474. The van der Waals surface area contributed by atoms with Gasteiger partial charge in [0.25, 0.3) is 0 Å². The molecule has 0 unspecified atom stereocenters. The van der Waals surface area contributed by atoms with Gasteiger partial charge in [0, 0.05) is 29.9 Å². The van der Waals surface area contributed by atoms with Gasteiger partial charge in [-0.15, -0.1) is 0 Å². The summed E-state index contributed by atoms with van der Waals surface area (Å²) < 4.78 is 5.67. The van der Waals surface area contributed by atoms with Crippen molar-refractivity contribution in [2.45, 2.75) is 26.7 Å². The Hall–Kier alpha value is -3.74. The highest BCUT2D eigenvalue weighted by atomic mass is 16.5. The maximum atomic E-state index is 13.2. The molecule has 7 nitrogen and oxygen atoms in total. The van der Waals surface area contributed by atoms with Crippen molar-refractivity contribution in [2.75, 3.05) is 7.11 Å². The SMILES string of the molecule is COC(=O)CCc1ccc(C(=O)c2c(O)n(C(C)=O)c3ccc(C(C)=O)cc23)cc1. The number of fused-ring (bicyclic) bond motifs is 1. The molecule has 154 valence electrons. The zero-order valence-corrected chi connectivity index (χ0v) is 16.9. The standard InChI is InChI=1S/C23H21NO6/c1-13(25)17-9-10-19-18(12-17)21(23(29)24(19)14(2)26)22(28)16-7-4-15(5-8-16)6-11-20(27)30-3/h4-5,7-10,12,29H,6,11H2,1-3H3. The molecule has 0 aliphatic rings. The predicted octanol–water partition coefficient (Wildman–Crippen LogP) is 3.55. The minimum absolute atomic E-state index is 0.0365. The van der Waals surface area contributed by atoms with Crippen molar-refractivity contribution in [3.05, 3.63) is 64.7 Å². The van der Waals surface area contributed by atoms with Gasteiger partial charge in [0.2, 0.25) is 11.8 Å². The maximum Gasteiger partial charge on any atom is 0.305 e. The summed E-state index contributed by atoms with van der Waals surface area (Å²) in [5, 5.41) is 11.0. The van der Waals surface area contributed by atoms with Crippen molar-refractivity contribution < 1.29 is 29.0 Å². The Balaban J connectivity index is 2.04. The molecular formula is C23H21NO6. The third-order valence-corrected chi connectivity index (χ3v) is 4.95. The first-order valence-electron chi connectivity index (χ1n) is 9.34. The molecule has 3 rings (SSSR count). The van der Waals surface area contributed by atoms with E-state index in [4.69, 9.17) is 0 Å². The molecule has 1 N–H and O–H groups in total. The van der Waals surface area contributed by atoms with E-state index in [2.05, 4.69) is 4.74 Å². The first-order chi connectivity index (χ1) is 14.2. The summed E-state index contributed by atoms with van der Waals surface area (Å²) in [6.07, 6.45) is 0.697. The van der Waals surface area contributed by atoms with E-state index in [0.29, 0.717) is 28.5 Å². The lowest BCUT2D eigenvalue weighted by molar-refractivity contribution is -0.140. The molecule has 30 heavy (non-hydrogen) atoms. The number of esters is 1. The average molecular weight is 407 g/mol. The second-order valence-corrected chi connectivity index (χ2v) is 6.94. The third kappa shape index (κ3) is 3.87. The van der Waals surface area contributed by atoms with Crippen LogP contribution < -0.4 is 0 Å². The number of carbonyl (C=O) groups excluding carboxylic acids is 4. The molecule has 0 saturated heterocycles. The van der Waals surface area contributed by atoms with Crippen molar-refractivity contribution in [3.63, 3.8) is 0 Å². The molecule has 0 bridgehead atoms. The fourth-order valence-electron chi connectivity index (χ4n) is 3.35. The van der Waals surface area contributed by atoms with E-state index < -0.39 is 17.6 Å². The van der Waals surface area contributed by atoms with E-state index in [0.717, 1.165) is 10.1 Å². The largest absolute Gasteiger partial charge is 0.494 e. The highest BCUT2D eigenvalue weighted by molar-refractivity contribution is 6.20. The van der Waals surface area contributed by atoms with E-state index in [-0.39, 0.29) is 23.7 Å². The first-order valence-corrected chi connectivity index (χ1v) is 9.34. The van der Waals surface area contributed by atoms with Crippen LogP contribution in [0.25, 0.3) is 10.9 Å². The number of hydrogen-bond acceptors (Lipinski definition) is 6. The number of carbonyl (C=O) groups is 4. The lowest BCUT2D eigenvalue weighted by Gasteiger charge is -2.05. The number of aryl methyl sites for hydroxylation is 1. The van der Waals surface area contributed by atoms with Crippen LogP contribution in [-0.2, 0) is 16.0 Å². The maximum absolute atomic E-state index is 13.2. The Morgan fingerprint density at radius 3 is 2.17 bits per heavy atom. The van der Waals surface area contributed by atoms with E-state index in [1.54, 1.807) is 36.4 Å². The summed E-state index contributed by atoms with van der Waals surface area (Å²) in [6.45, 7) is 2.68. The topological polar surface area (TPSA) is 103 Å². The monoisotopic (exact) mass is 407 g/mol. The second kappa shape index (κ2) is 8.32. The lowest BCUT2D eigenvalue weighted by Crippen LogP contribution is -2.06. The van der Waals surface area contributed by atoms with E-state index in [1.807, 2.05) is 0 Å². The Morgan fingerprint density at radius 2 is 1.60 bits per heavy atom. The van der Waals surface area contributed by atoms with Crippen LogP contribution in [0.15, 0.2) is 42.5 Å².